The standard InChI is InChI=1S/C36H43Br2N3O12S2/c1-18-28(40-41-39)24(47-19(2)42)15-27(46-18)52-32-30(49-21(4)44)26(17-38)51-36(34(32)55-23-13-9-6-10-14-23)53-31-29(48-20(3)43)25(16-37)50-35(45)33(31)54-22-11-7-5-8-12-22/h5-14,18,24-36,45H,15-17H2,1-4H3/t18-,24-,25+,26+,27-,28-,29+,30+,31-,32-,33+,34+,35-,36-/m0/s1. The minimum absolute atomic E-state index is 0.00557. The minimum atomic E-state index is -1.35. The summed E-state index contributed by atoms with van der Waals surface area (Å²) in [5.41, 5.74) is 9.24. The van der Waals surface area contributed by atoms with Gasteiger partial charge in [-0.05, 0) is 36.7 Å². The van der Waals surface area contributed by atoms with E-state index in [4.69, 9.17) is 37.9 Å². The van der Waals surface area contributed by atoms with Crippen LogP contribution in [0.5, 0.6) is 0 Å². The van der Waals surface area contributed by atoms with Gasteiger partial charge in [0.2, 0.25) is 0 Å². The maximum atomic E-state index is 12.7. The normalized spacial score (nSPS) is 34.8. The molecule has 0 spiro atoms. The minimum Gasteiger partial charge on any atom is -0.462 e. The molecule has 0 unspecified atom stereocenters. The van der Waals surface area contributed by atoms with Gasteiger partial charge < -0.3 is 43.0 Å². The second-order valence-electron chi connectivity index (χ2n) is 12.9. The quantitative estimate of drug-likeness (QED) is 0.0586. The zero-order chi connectivity index (χ0) is 39.6. The van der Waals surface area contributed by atoms with Crippen molar-refractivity contribution in [3.05, 3.63) is 71.1 Å². The van der Waals surface area contributed by atoms with Crippen LogP contribution in [0.15, 0.2) is 75.6 Å². The average Bonchev–Trinajstić information content (AvgIpc) is 3.14. The Hall–Kier alpha value is -2.42. The van der Waals surface area contributed by atoms with E-state index in [1.54, 1.807) is 6.92 Å². The first-order chi connectivity index (χ1) is 26.4. The number of nitrogens with zero attached hydrogens (tertiary/aromatic N) is 3. The third kappa shape index (κ3) is 11.6. The fourth-order valence-corrected chi connectivity index (χ4v) is 10.1. The van der Waals surface area contributed by atoms with E-state index >= 15 is 0 Å². The van der Waals surface area contributed by atoms with Gasteiger partial charge in [0, 0.05) is 52.6 Å². The van der Waals surface area contributed by atoms with Gasteiger partial charge in [-0.25, -0.2) is 0 Å². The lowest BCUT2D eigenvalue weighted by Crippen LogP contribution is -2.65. The van der Waals surface area contributed by atoms with Crippen molar-refractivity contribution < 1.29 is 57.4 Å². The van der Waals surface area contributed by atoms with Gasteiger partial charge >= 0.3 is 17.9 Å². The first-order valence-electron chi connectivity index (χ1n) is 17.5. The largest absolute Gasteiger partial charge is 0.462 e. The molecule has 19 heteroatoms. The van der Waals surface area contributed by atoms with Gasteiger partial charge in [0.15, 0.2) is 31.1 Å². The second kappa shape index (κ2) is 20.8. The summed E-state index contributed by atoms with van der Waals surface area (Å²) in [5.74, 6) is -1.74. The molecule has 3 heterocycles. The van der Waals surface area contributed by atoms with E-state index in [1.165, 1.54) is 44.3 Å². The van der Waals surface area contributed by atoms with E-state index in [0.717, 1.165) is 9.79 Å². The van der Waals surface area contributed by atoms with Crippen LogP contribution in [0.25, 0.3) is 10.4 Å². The number of rotatable bonds is 14. The molecule has 3 aliphatic heterocycles. The van der Waals surface area contributed by atoms with Crippen LogP contribution in [0.4, 0.5) is 0 Å². The Kier molecular flexibility index (Phi) is 16.6. The number of aliphatic hydroxyl groups is 1. The molecule has 2 aromatic rings. The summed E-state index contributed by atoms with van der Waals surface area (Å²) in [6.45, 7) is 5.50. The molecule has 15 nitrogen and oxygen atoms in total. The lowest BCUT2D eigenvalue weighted by molar-refractivity contribution is -0.317. The number of halogens is 2. The van der Waals surface area contributed by atoms with Gasteiger partial charge in [0.25, 0.3) is 0 Å². The molecule has 1 N–H and O–H groups in total. The Balaban J connectivity index is 1.58. The predicted molar refractivity (Wildman–Crippen MR) is 208 cm³/mol. The fourth-order valence-electron chi connectivity index (χ4n) is 6.66. The monoisotopic (exact) mass is 931 g/mol. The summed E-state index contributed by atoms with van der Waals surface area (Å²) in [7, 11) is 0. The van der Waals surface area contributed by atoms with Crippen LogP contribution < -0.4 is 0 Å². The Bertz CT molecular complexity index is 1630. The van der Waals surface area contributed by atoms with E-state index in [9.17, 15) is 25.0 Å². The van der Waals surface area contributed by atoms with Crippen LogP contribution >= 0.6 is 55.4 Å². The van der Waals surface area contributed by atoms with Gasteiger partial charge in [-0.1, -0.05) is 73.4 Å². The number of benzene rings is 2. The molecule has 5 rings (SSSR count). The summed E-state index contributed by atoms with van der Waals surface area (Å²) < 4.78 is 50.0. The van der Waals surface area contributed by atoms with Crippen LogP contribution in [-0.4, -0.2) is 118 Å². The predicted octanol–water partition coefficient (Wildman–Crippen LogP) is 5.92. The number of esters is 3. The molecule has 0 saturated carbocycles. The van der Waals surface area contributed by atoms with Gasteiger partial charge in [-0.3, -0.25) is 14.4 Å². The molecule has 3 aliphatic rings. The topological polar surface area (TPSA) is 194 Å². The van der Waals surface area contributed by atoms with Crippen LogP contribution in [0.2, 0.25) is 0 Å². The van der Waals surface area contributed by atoms with Crippen molar-refractivity contribution >= 4 is 73.3 Å². The van der Waals surface area contributed by atoms with Crippen LogP contribution in [-0.2, 0) is 52.3 Å². The molecular formula is C36H43Br2N3O12S2. The highest BCUT2D eigenvalue weighted by Crippen LogP contribution is 2.44. The lowest BCUT2D eigenvalue weighted by atomic mass is 9.98. The third-order valence-electron chi connectivity index (χ3n) is 8.90. The second-order valence-corrected chi connectivity index (χ2v) is 16.7. The first-order valence-corrected chi connectivity index (χ1v) is 21.5. The summed E-state index contributed by atoms with van der Waals surface area (Å²) in [5, 5.41) is 14.1. The molecule has 55 heavy (non-hydrogen) atoms. The van der Waals surface area contributed by atoms with Crippen molar-refractivity contribution in [1.29, 1.82) is 0 Å². The number of thioether (sulfide) groups is 2. The van der Waals surface area contributed by atoms with Crippen LogP contribution in [0.1, 0.15) is 34.1 Å². The molecular weight excluding hydrogens is 890 g/mol. The molecule has 0 aromatic heterocycles. The number of azide groups is 1. The van der Waals surface area contributed by atoms with Crippen molar-refractivity contribution in [3.8, 4) is 0 Å². The van der Waals surface area contributed by atoms with Gasteiger partial charge in [-0.15, -0.1) is 23.5 Å². The number of carbonyl (C=O) groups is 3. The number of hydrogen-bond acceptors (Lipinski definition) is 15. The van der Waals surface area contributed by atoms with E-state index < -0.39 is 102 Å². The molecule has 0 radical (unpaired) electrons. The number of alkyl halides is 2. The molecule has 0 amide bonds. The van der Waals surface area contributed by atoms with E-state index in [2.05, 4.69) is 41.9 Å². The van der Waals surface area contributed by atoms with E-state index in [0.29, 0.717) is 0 Å². The molecule has 14 atom stereocenters. The van der Waals surface area contributed by atoms with Gasteiger partial charge in [-0.2, -0.15) is 0 Å². The van der Waals surface area contributed by atoms with Crippen molar-refractivity contribution in [2.24, 2.45) is 5.11 Å². The van der Waals surface area contributed by atoms with Crippen molar-refractivity contribution in [2.75, 3.05) is 10.7 Å². The van der Waals surface area contributed by atoms with Crippen molar-refractivity contribution in [1.82, 2.24) is 0 Å². The molecule has 0 bridgehead atoms. The molecule has 2 aromatic carbocycles. The fraction of sp³-hybridized carbons (Fsp3) is 0.583. The molecule has 300 valence electrons. The first kappa shape index (κ1) is 43.7. The molecule has 3 fully saturated rings. The summed E-state index contributed by atoms with van der Waals surface area (Å²) >= 11 is 9.62. The van der Waals surface area contributed by atoms with Crippen molar-refractivity contribution in [2.45, 2.75) is 128 Å². The van der Waals surface area contributed by atoms with Gasteiger partial charge in [0.05, 0.1) is 16.6 Å². The Morgan fingerprint density at radius 1 is 0.782 bits per heavy atom. The summed E-state index contributed by atoms with van der Waals surface area (Å²) in [6, 6.07) is 17.9. The lowest BCUT2D eigenvalue weighted by Gasteiger charge is -2.50. The van der Waals surface area contributed by atoms with E-state index in [-0.39, 0.29) is 17.1 Å². The summed E-state index contributed by atoms with van der Waals surface area (Å²) in [6.07, 6.45) is -10.8. The van der Waals surface area contributed by atoms with Gasteiger partial charge in [0.1, 0.15) is 36.6 Å². The number of carbonyl (C=O) groups excluding carboxylic acids is 3. The highest BCUT2D eigenvalue weighted by Gasteiger charge is 2.55. The third-order valence-corrected chi connectivity index (χ3v) is 12.8. The maximum Gasteiger partial charge on any atom is 0.303 e. The molecule has 0 aliphatic carbocycles. The summed E-state index contributed by atoms with van der Waals surface area (Å²) in [4.78, 5) is 41.9. The number of hydrogen-bond donors (Lipinski definition) is 1. The zero-order valence-electron chi connectivity index (χ0n) is 30.3. The Morgan fingerprint density at radius 3 is 1.80 bits per heavy atom. The highest BCUT2D eigenvalue weighted by atomic mass is 79.9. The van der Waals surface area contributed by atoms with Crippen LogP contribution in [0, 0.1) is 0 Å². The van der Waals surface area contributed by atoms with Crippen LogP contribution in [0.3, 0.4) is 0 Å². The Labute approximate surface area is 344 Å². The SMILES string of the molecule is CC(=O)O[C@H]1[C@H](O[C@@H]2O[C@H](CBr)[C@@H](OC(C)=O)[C@H](O[C@H]3C[C@H](OC(C)=O)[C@@H](N=[N+]=[N-])[C@H](C)O3)[C@H]2Sc2ccccc2)[C@@H](Sc2ccccc2)[C@@H](O)O[C@@H]1CBr. The zero-order valence-corrected chi connectivity index (χ0v) is 35.1. The molecule has 3 saturated heterocycles. The Morgan fingerprint density at radius 2 is 1.29 bits per heavy atom. The number of ether oxygens (including phenoxy) is 8. The number of aliphatic hydroxyl groups excluding tert-OH is 1. The smallest absolute Gasteiger partial charge is 0.303 e. The average molecular weight is 934 g/mol. The maximum absolute atomic E-state index is 12.7. The highest BCUT2D eigenvalue weighted by molar-refractivity contribution is 9.09. The van der Waals surface area contributed by atoms with E-state index in [1.807, 2.05) is 60.7 Å². The van der Waals surface area contributed by atoms with Crippen molar-refractivity contribution in [3.63, 3.8) is 0 Å².